The third-order valence-electron chi connectivity index (χ3n) is 2.79. The smallest absolute Gasteiger partial charge is 0.339 e. The molecule has 2 rings (SSSR count). The summed E-state index contributed by atoms with van der Waals surface area (Å²) in [7, 11) is 1.63. The van der Waals surface area contributed by atoms with Crippen LogP contribution in [-0.2, 0) is 4.74 Å². The van der Waals surface area contributed by atoms with Crippen LogP contribution in [0.5, 0.6) is 5.75 Å². The molecule has 21 heavy (non-hydrogen) atoms. The number of ether oxygens (including phenoxy) is 2. The first-order valence-electron chi connectivity index (χ1n) is 6.52. The fourth-order valence-corrected chi connectivity index (χ4v) is 2.69. The van der Waals surface area contributed by atoms with Gasteiger partial charge in [-0.25, -0.2) is 4.79 Å². The summed E-state index contributed by atoms with van der Waals surface area (Å²) in [5.41, 5.74) is 6.78. The van der Waals surface area contributed by atoms with Gasteiger partial charge in [0.25, 0.3) is 0 Å². The minimum Gasteiger partial charge on any atom is -0.497 e. The molecule has 4 nitrogen and oxygen atoms in total. The average molecular weight is 303 g/mol. The van der Waals surface area contributed by atoms with E-state index in [2.05, 4.69) is 0 Å². The Bertz CT molecular complexity index is 626. The molecule has 2 N–H and O–H groups in total. The van der Waals surface area contributed by atoms with Crippen LogP contribution in [0.1, 0.15) is 17.3 Å². The van der Waals surface area contributed by atoms with E-state index in [4.69, 9.17) is 15.2 Å². The Morgan fingerprint density at radius 1 is 1.19 bits per heavy atom. The number of esters is 1. The number of hydrogen-bond acceptors (Lipinski definition) is 5. The number of nitrogen functional groups attached to an aromatic ring is 1. The van der Waals surface area contributed by atoms with Crippen molar-refractivity contribution in [2.75, 3.05) is 19.5 Å². The molecule has 0 spiro atoms. The monoisotopic (exact) mass is 303 g/mol. The van der Waals surface area contributed by atoms with Crippen molar-refractivity contribution in [3.63, 3.8) is 0 Å². The molecule has 0 radical (unpaired) electrons. The highest BCUT2D eigenvalue weighted by atomic mass is 32.2. The van der Waals surface area contributed by atoms with Gasteiger partial charge < -0.3 is 15.2 Å². The van der Waals surface area contributed by atoms with E-state index in [9.17, 15) is 4.79 Å². The Kier molecular flexibility index (Phi) is 5.11. The van der Waals surface area contributed by atoms with E-state index in [1.807, 2.05) is 30.3 Å². The molecule has 0 aliphatic carbocycles. The lowest BCUT2D eigenvalue weighted by Crippen LogP contribution is -2.06. The zero-order chi connectivity index (χ0) is 15.2. The van der Waals surface area contributed by atoms with Gasteiger partial charge in [0, 0.05) is 15.5 Å². The van der Waals surface area contributed by atoms with Gasteiger partial charge >= 0.3 is 5.97 Å². The first-order valence-corrected chi connectivity index (χ1v) is 7.34. The molecule has 110 valence electrons. The van der Waals surface area contributed by atoms with Crippen LogP contribution in [0.3, 0.4) is 0 Å². The van der Waals surface area contributed by atoms with Gasteiger partial charge in [0.15, 0.2) is 0 Å². The van der Waals surface area contributed by atoms with Crippen LogP contribution in [0.2, 0.25) is 0 Å². The molecule has 0 unspecified atom stereocenters. The number of rotatable bonds is 5. The van der Waals surface area contributed by atoms with Gasteiger partial charge in [-0.3, -0.25) is 0 Å². The molecule has 5 heteroatoms. The fourth-order valence-electron chi connectivity index (χ4n) is 1.78. The summed E-state index contributed by atoms with van der Waals surface area (Å²) in [5.74, 6) is 0.433. The molecule has 2 aromatic rings. The number of carbonyl (C=O) groups excluding carboxylic acids is 1. The van der Waals surface area contributed by atoms with Crippen molar-refractivity contribution in [2.24, 2.45) is 0 Å². The number of methoxy groups -OCH3 is 1. The first kappa shape index (κ1) is 15.3. The summed E-state index contributed by atoms with van der Waals surface area (Å²) in [4.78, 5) is 13.8. The summed E-state index contributed by atoms with van der Waals surface area (Å²) in [6.45, 7) is 2.11. The van der Waals surface area contributed by atoms with E-state index >= 15 is 0 Å². The highest BCUT2D eigenvalue weighted by Crippen LogP contribution is 2.32. The molecule has 0 fully saturated rings. The van der Waals surface area contributed by atoms with Crippen molar-refractivity contribution in [2.45, 2.75) is 16.7 Å². The Morgan fingerprint density at radius 2 is 1.90 bits per heavy atom. The van der Waals surface area contributed by atoms with Gasteiger partial charge in [-0.2, -0.15) is 0 Å². The molecule has 0 saturated heterocycles. The standard InChI is InChI=1S/C16H17NO3S/c1-3-20-16(18)14-10-11(17)4-9-15(14)21-13-7-5-12(19-2)6-8-13/h4-10H,3,17H2,1-2H3. The van der Waals surface area contributed by atoms with Crippen molar-refractivity contribution in [3.05, 3.63) is 48.0 Å². The van der Waals surface area contributed by atoms with E-state index in [1.54, 1.807) is 26.2 Å². The molecular formula is C16H17NO3S. The zero-order valence-corrected chi connectivity index (χ0v) is 12.8. The summed E-state index contributed by atoms with van der Waals surface area (Å²) < 4.78 is 10.2. The van der Waals surface area contributed by atoms with E-state index in [1.165, 1.54) is 11.8 Å². The predicted molar refractivity (Wildman–Crippen MR) is 83.9 cm³/mol. The number of carbonyl (C=O) groups is 1. The number of benzene rings is 2. The highest BCUT2D eigenvalue weighted by Gasteiger charge is 2.14. The number of hydrogen-bond donors (Lipinski definition) is 1. The van der Waals surface area contributed by atoms with Crippen LogP contribution in [0, 0.1) is 0 Å². The second kappa shape index (κ2) is 7.04. The number of nitrogens with two attached hydrogens (primary N) is 1. The largest absolute Gasteiger partial charge is 0.497 e. The lowest BCUT2D eigenvalue weighted by molar-refractivity contribution is 0.0522. The molecule has 0 aromatic heterocycles. The van der Waals surface area contributed by atoms with Crippen LogP contribution >= 0.6 is 11.8 Å². The van der Waals surface area contributed by atoms with E-state index in [0.29, 0.717) is 17.9 Å². The van der Waals surface area contributed by atoms with E-state index in [-0.39, 0.29) is 5.97 Å². The second-order valence-electron chi connectivity index (χ2n) is 4.25. The van der Waals surface area contributed by atoms with Crippen LogP contribution in [-0.4, -0.2) is 19.7 Å². The van der Waals surface area contributed by atoms with Crippen LogP contribution in [0.15, 0.2) is 52.3 Å². The summed E-state index contributed by atoms with van der Waals surface area (Å²) in [6.07, 6.45) is 0. The van der Waals surface area contributed by atoms with Crippen LogP contribution in [0.4, 0.5) is 5.69 Å². The van der Waals surface area contributed by atoms with Gasteiger partial charge in [-0.05, 0) is 49.4 Å². The lowest BCUT2D eigenvalue weighted by atomic mass is 10.2. The van der Waals surface area contributed by atoms with E-state index < -0.39 is 0 Å². The molecule has 0 bridgehead atoms. The summed E-state index contributed by atoms with van der Waals surface area (Å²) >= 11 is 1.48. The minimum absolute atomic E-state index is 0.334. The molecular weight excluding hydrogens is 286 g/mol. The van der Waals surface area contributed by atoms with Crippen LogP contribution in [0.25, 0.3) is 0 Å². The molecule has 0 amide bonds. The third kappa shape index (κ3) is 3.92. The van der Waals surface area contributed by atoms with Gasteiger partial charge in [0.1, 0.15) is 5.75 Å². The second-order valence-corrected chi connectivity index (χ2v) is 5.37. The molecule has 0 heterocycles. The normalized spacial score (nSPS) is 10.2. The van der Waals surface area contributed by atoms with Crippen molar-refractivity contribution < 1.29 is 14.3 Å². The topological polar surface area (TPSA) is 61.5 Å². The van der Waals surface area contributed by atoms with Crippen molar-refractivity contribution in [3.8, 4) is 5.75 Å². The third-order valence-corrected chi connectivity index (χ3v) is 3.87. The van der Waals surface area contributed by atoms with Gasteiger partial charge in [-0.1, -0.05) is 11.8 Å². The maximum absolute atomic E-state index is 12.0. The predicted octanol–water partition coefficient (Wildman–Crippen LogP) is 3.61. The summed E-state index contributed by atoms with van der Waals surface area (Å²) in [5, 5.41) is 0. The molecule has 0 saturated carbocycles. The molecule has 0 aliphatic heterocycles. The lowest BCUT2D eigenvalue weighted by Gasteiger charge is -2.10. The SMILES string of the molecule is CCOC(=O)c1cc(N)ccc1Sc1ccc(OC)cc1. The highest BCUT2D eigenvalue weighted by molar-refractivity contribution is 7.99. The van der Waals surface area contributed by atoms with Crippen molar-refractivity contribution >= 4 is 23.4 Å². The van der Waals surface area contributed by atoms with Gasteiger partial charge in [-0.15, -0.1) is 0 Å². The number of anilines is 1. The maximum Gasteiger partial charge on any atom is 0.339 e. The van der Waals surface area contributed by atoms with Crippen LogP contribution < -0.4 is 10.5 Å². The molecule has 0 aliphatic rings. The Morgan fingerprint density at radius 3 is 2.52 bits per heavy atom. The average Bonchev–Trinajstić information content (AvgIpc) is 2.50. The zero-order valence-electron chi connectivity index (χ0n) is 12.0. The van der Waals surface area contributed by atoms with E-state index in [0.717, 1.165) is 15.5 Å². The first-order chi connectivity index (χ1) is 10.1. The molecule has 2 aromatic carbocycles. The quantitative estimate of drug-likeness (QED) is 0.675. The fraction of sp³-hybridized carbons (Fsp3) is 0.188. The summed E-state index contributed by atoms with van der Waals surface area (Å²) in [6, 6.07) is 12.9. The van der Waals surface area contributed by atoms with Gasteiger partial charge in [0.2, 0.25) is 0 Å². The Hall–Kier alpha value is -2.14. The van der Waals surface area contributed by atoms with Crippen molar-refractivity contribution in [1.82, 2.24) is 0 Å². The maximum atomic E-state index is 12.0. The van der Waals surface area contributed by atoms with Crippen molar-refractivity contribution in [1.29, 1.82) is 0 Å². The molecule has 0 atom stereocenters. The van der Waals surface area contributed by atoms with Gasteiger partial charge in [0.05, 0.1) is 19.3 Å². The Labute approximate surface area is 128 Å². The Balaban J connectivity index is 2.27. The minimum atomic E-state index is -0.360.